The highest BCUT2D eigenvalue weighted by molar-refractivity contribution is 7.99. The second-order valence-corrected chi connectivity index (χ2v) is 11.8. The number of fused-ring (bicyclic) bond motifs is 3. The number of carbonyl (C=O) groups excluding carboxylic acids is 3. The van der Waals surface area contributed by atoms with E-state index in [1.54, 1.807) is 11.8 Å². The van der Waals surface area contributed by atoms with Crippen molar-refractivity contribution >= 4 is 52.3 Å². The van der Waals surface area contributed by atoms with Crippen molar-refractivity contribution in [1.82, 2.24) is 0 Å². The Kier molecular flexibility index (Phi) is 9.09. The fourth-order valence-electron chi connectivity index (χ4n) is 5.42. The molecule has 0 radical (unpaired) electrons. The van der Waals surface area contributed by atoms with Crippen molar-refractivity contribution < 1.29 is 19.2 Å². The van der Waals surface area contributed by atoms with Crippen molar-refractivity contribution in [2.75, 3.05) is 17.2 Å². The SMILES string of the molecule is CCN1c2ccc(C(=O)c3ccccc3C)cc2C2C=C(C(=O)/C(CCSc3ccc(Cl)cc3)=N/OC(C)=O)C=CC21. The molecule has 0 saturated heterocycles. The lowest BCUT2D eigenvalue weighted by molar-refractivity contribution is -0.140. The Morgan fingerprint density at radius 2 is 1.81 bits per heavy atom. The van der Waals surface area contributed by atoms with Gasteiger partial charge in [-0.05, 0) is 67.4 Å². The number of halogens is 1. The number of anilines is 1. The fourth-order valence-corrected chi connectivity index (χ4v) is 6.41. The van der Waals surface area contributed by atoms with Crippen molar-refractivity contribution in [3.63, 3.8) is 0 Å². The molecular formula is C34H31ClN2O4S. The van der Waals surface area contributed by atoms with Gasteiger partial charge in [0.15, 0.2) is 5.78 Å². The van der Waals surface area contributed by atoms with Crippen LogP contribution < -0.4 is 4.90 Å². The first-order chi connectivity index (χ1) is 20.3. The van der Waals surface area contributed by atoms with Crippen molar-refractivity contribution in [2.45, 2.75) is 44.0 Å². The summed E-state index contributed by atoms with van der Waals surface area (Å²) >= 11 is 7.55. The van der Waals surface area contributed by atoms with Crippen LogP contribution in [-0.4, -0.2) is 41.6 Å². The molecule has 0 amide bonds. The number of thioether (sulfide) groups is 1. The maximum Gasteiger partial charge on any atom is 0.331 e. The minimum Gasteiger partial charge on any atom is -0.364 e. The lowest BCUT2D eigenvalue weighted by atomic mass is 9.85. The van der Waals surface area contributed by atoms with Crippen LogP contribution in [0.25, 0.3) is 0 Å². The van der Waals surface area contributed by atoms with Gasteiger partial charge in [-0.25, -0.2) is 4.79 Å². The number of nitrogens with zero attached hydrogens (tertiary/aromatic N) is 2. The molecule has 0 saturated carbocycles. The van der Waals surface area contributed by atoms with Crippen LogP contribution in [-0.2, 0) is 14.4 Å². The highest BCUT2D eigenvalue weighted by atomic mass is 35.5. The Balaban J connectivity index is 1.41. The van der Waals surface area contributed by atoms with E-state index in [2.05, 4.69) is 17.0 Å². The summed E-state index contributed by atoms with van der Waals surface area (Å²) in [7, 11) is 0. The molecule has 1 heterocycles. The maximum absolute atomic E-state index is 13.7. The minimum absolute atomic E-state index is 0.0250. The van der Waals surface area contributed by atoms with Gasteiger partial charge >= 0.3 is 5.97 Å². The summed E-state index contributed by atoms with van der Waals surface area (Å²) in [6.45, 7) is 6.06. The zero-order chi connectivity index (χ0) is 29.8. The molecule has 3 aromatic carbocycles. The lowest BCUT2D eigenvalue weighted by Crippen LogP contribution is -2.33. The van der Waals surface area contributed by atoms with E-state index in [4.69, 9.17) is 16.4 Å². The van der Waals surface area contributed by atoms with Crippen LogP contribution in [0.2, 0.25) is 5.02 Å². The van der Waals surface area contributed by atoms with Gasteiger partial charge in [0, 0.05) is 63.9 Å². The van der Waals surface area contributed by atoms with Crippen molar-refractivity contribution in [3.8, 4) is 0 Å². The second kappa shape index (κ2) is 12.9. The second-order valence-electron chi connectivity index (χ2n) is 10.2. The monoisotopic (exact) mass is 598 g/mol. The third kappa shape index (κ3) is 6.27. The standard InChI is InChI=1S/C34H31ClN2O4S/c1-4-37-31-15-9-23(33(39)27-8-6-5-7-21(27)2)19-28(31)29-20-24(10-16-32(29)37)34(40)30(36-41-22(3)38)17-18-42-26-13-11-25(35)12-14-26/h5-16,19-20,29,32H,4,17-18H2,1-3H3/b36-30+. The third-order valence-electron chi connectivity index (χ3n) is 7.48. The topological polar surface area (TPSA) is 76.0 Å². The summed E-state index contributed by atoms with van der Waals surface area (Å²) in [6.07, 6.45) is 6.13. The summed E-state index contributed by atoms with van der Waals surface area (Å²) in [6, 6.07) is 20.9. The fraction of sp³-hybridized carbons (Fsp3) is 0.235. The van der Waals surface area contributed by atoms with E-state index in [0.29, 0.717) is 33.9 Å². The molecular weight excluding hydrogens is 568 g/mol. The molecule has 6 nitrogen and oxygen atoms in total. The molecule has 2 atom stereocenters. The van der Waals surface area contributed by atoms with Gasteiger partial charge in [-0.2, -0.15) is 0 Å². The Hall–Kier alpha value is -3.94. The number of likely N-dealkylation sites (N-methyl/N-ethyl adjacent to an activating group) is 1. The number of Topliss-reactive ketones (excluding diaryl/α,β-unsaturated/α-hetero) is 1. The molecule has 0 aromatic heterocycles. The molecule has 0 spiro atoms. The van der Waals surface area contributed by atoms with E-state index >= 15 is 0 Å². The first-order valence-corrected chi connectivity index (χ1v) is 15.2. The van der Waals surface area contributed by atoms with Crippen molar-refractivity contribution in [2.24, 2.45) is 5.16 Å². The van der Waals surface area contributed by atoms with Gasteiger partial charge in [0.05, 0.1) is 6.04 Å². The van der Waals surface area contributed by atoms with Crippen LogP contribution in [0.1, 0.15) is 53.2 Å². The predicted molar refractivity (Wildman–Crippen MR) is 169 cm³/mol. The molecule has 2 unspecified atom stereocenters. The van der Waals surface area contributed by atoms with Crippen LogP contribution in [0.3, 0.4) is 0 Å². The molecule has 5 rings (SSSR count). The average Bonchev–Trinajstić information content (AvgIpc) is 3.31. The van der Waals surface area contributed by atoms with E-state index in [1.165, 1.54) is 6.92 Å². The third-order valence-corrected chi connectivity index (χ3v) is 8.74. The van der Waals surface area contributed by atoms with Gasteiger partial charge in [0.25, 0.3) is 0 Å². The number of ketones is 2. The number of aryl methyl sites for hydroxylation is 1. The largest absolute Gasteiger partial charge is 0.364 e. The summed E-state index contributed by atoms with van der Waals surface area (Å²) < 4.78 is 0. The average molecular weight is 599 g/mol. The summed E-state index contributed by atoms with van der Waals surface area (Å²) in [5, 5.41) is 4.59. The van der Waals surface area contributed by atoms with Crippen molar-refractivity contribution in [3.05, 3.63) is 118 Å². The van der Waals surface area contributed by atoms with E-state index in [0.717, 1.165) is 28.3 Å². The summed E-state index contributed by atoms with van der Waals surface area (Å²) in [5.41, 5.74) is 4.94. The summed E-state index contributed by atoms with van der Waals surface area (Å²) in [5.74, 6) is -0.456. The van der Waals surface area contributed by atoms with Gasteiger partial charge in [0.1, 0.15) is 5.71 Å². The lowest BCUT2D eigenvalue weighted by Gasteiger charge is -2.28. The molecule has 8 heteroatoms. The molecule has 0 N–H and O–H groups in total. The minimum atomic E-state index is -0.590. The van der Waals surface area contributed by atoms with E-state index in [9.17, 15) is 14.4 Å². The maximum atomic E-state index is 13.7. The molecule has 0 bridgehead atoms. The first kappa shape index (κ1) is 29.5. The molecule has 2 aliphatic rings. The van der Waals surface area contributed by atoms with Crippen LogP contribution in [0.15, 0.2) is 101 Å². The molecule has 1 aliphatic carbocycles. The Morgan fingerprint density at radius 1 is 1.05 bits per heavy atom. The number of hydrogen-bond acceptors (Lipinski definition) is 7. The molecule has 1 aliphatic heterocycles. The van der Waals surface area contributed by atoms with Gasteiger partial charge in [-0.15, -0.1) is 11.8 Å². The Labute approximate surface area is 255 Å². The number of allylic oxidation sites excluding steroid dienone is 2. The van der Waals surface area contributed by atoms with Gasteiger partial charge in [0.2, 0.25) is 5.78 Å². The molecule has 0 fully saturated rings. The highest BCUT2D eigenvalue weighted by Gasteiger charge is 2.38. The van der Waals surface area contributed by atoms with Crippen molar-refractivity contribution in [1.29, 1.82) is 0 Å². The van der Waals surface area contributed by atoms with E-state index in [-0.39, 0.29) is 29.2 Å². The number of benzene rings is 3. The molecule has 42 heavy (non-hydrogen) atoms. The predicted octanol–water partition coefficient (Wildman–Crippen LogP) is 7.34. The zero-order valence-corrected chi connectivity index (χ0v) is 25.2. The number of oxime groups is 1. The zero-order valence-electron chi connectivity index (χ0n) is 23.7. The normalized spacial score (nSPS) is 17.4. The van der Waals surface area contributed by atoms with Crippen LogP contribution in [0.5, 0.6) is 0 Å². The molecule has 3 aromatic rings. The number of rotatable bonds is 10. The number of carbonyl (C=O) groups is 3. The van der Waals surface area contributed by atoms with Gasteiger partial charge < -0.3 is 9.74 Å². The summed E-state index contributed by atoms with van der Waals surface area (Å²) in [4.78, 5) is 46.9. The highest BCUT2D eigenvalue weighted by Crippen LogP contribution is 2.45. The molecule has 214 valence electrons. The van der Waals surface area contributed by atoms with E-state index < -0.39 is 5.97 Å². The quantitative estimate of drug-likeness (QED) is 0.0799. The number of hydrogen-bond donors (Lipinski definition) is 0. The first-order valence-electron chi connectivity index (χ1n) is 13.8. The van der Waals surface area contributed by atoms with Gasteiger partial charge in [-0.1, -0.05) is 59.3 Å². The smallest absolute Gasteiger partial charge is 0.331 e. The Bertz CT molecular complexity index is 1630. The van der Waals surface area contributed by atoms with Crippen LogP contribution in [0.4, 0.5) is 5.69 Å². The van der Waals surface area contributed by atoms with Crippen LogP contribution in [0, 0.1) is 6.92 Å². The Morgan fingerprint density at radius 3 is 2.52 bits per heavy atom. The van der Waals surface area contributed by atoms with Gasteiger partial charge in [-0.3, -0.25) is 9.59 Å². The van der Waals surface area contributed by atoms with E-state index in [1.807, 2.05) is 91.9 Å². The van der Waals surface area contributed by atoms with Crippen LogP contribution >= 0.6 is 23.4 Å².